The number of nitrogens with zero attached hydrogens (tertiary/aromatic N) is 2. The Morgan fingerprint density at radius 2 is 1.88 bits per heavy atom. The van der Waals surface area contributed by atoms with Crippen molar-refractivity contribution in [3.8, 4) is 5.75 Å². The zero-order valence-electron chi connectivity index (χ0n) is 13.9. The zero-order chi connectivity index (χ0) is 16.6. The molecule has 1 fully saturated rings. The van der Waals surface area contributed by atoms with E-state index in [0.717, 1.165) is 37.4 Å². The number of pyridine rings is 1. The topological polar surface area (TPSA) is 60.6 Å². The zero-order valence-corrected chi connectivity index (χ0v) is 13.9. The van der Waals surface area contributed by atoms with E-state index in [2.05, 4.69) is 22.0 Å². The fourth-order valence-corrected chi connectivity index (χ4v) is 2.80. The van der Waals surface area contributed by atoms with Crippen LogP contribution < -0.4 is 15.4 Å². The molecule has 5 nitrogen and oxygen atoms in total. The summed E-state index contributed by atoms with van der Waals surface area (Å²) < 4.78 is 11.4. The van der Waals surface area contributed by atoms with Crippen LogP contribution in [0.1, 0.15) is 18.4 Å². The van der Waals surface area contributed by atoms with Crippen LogP contribution in [0.4, 0.5) is 5.69 Å². The average Bonchev–Trinajstić information content (AvgIpc) is 2.63. The first-order valence-corrected chi connectivity index (χ1v) is 8.51. The molecule has 2 N–H and O–H groups in total. The van der Waals surface area contributed by atoms with Crippen LogP contribution in [-0.4, -0.2) is 37.3 Å². The maximum Gasteiger partial charge on any atom is 0.139 e. The van der Waals surface area contributed by atoms with E-state index >= 15 is 0 Å². The summed E-state index contributed by atoms with van der Waals surface area (Å²) in [5.41, 5.74) is 8.23. The quantitative estimate of drug-likeness (QED) is 0.792. The highest BCUT2D eigenvalue weighted by Crippen LogP contribution is 2.22. The number of rotatable bonds is 7. The summed E-state index contributed by atoms with van der Waals surface area (Å²) >= 11 is 0. The molecule has 1 aromatic carbocycles. The molecule has 0 unspecified atom stereocenters. The lowest BCUT2D eigenvalue weighted by atomic mass is 10.1. The smallest absolute Gasteiger partial charge is 0.139 e. The lowest BCUT2D eigenvalue weighted by Crippen LogP contribution is -2.39. The normalized spacial score (nSPS) is 15.5. The van der Waals surface area contributed by atoms with Gasteiger partial charge >= 0.3 is 0 Å². The molecule has 0 spiro atoms. The van der Waals surface area contributed by atoms with Gasteiger partial charge in [0, 0.05) is 25.2 Å². The molecule has 0 amide bonds. The van der Waals surface area contributed by atoms with Crippen molar-refractivity contribution in [1.82, 2.24) is 4.98 Å². The lowest BCUT2D eigenvalue weighted by Gasteiger charge is -2.31. The Labute approximate surface area is 143 Å². The highest BCUT2D eigenvalue weighted by molar-refractivity contribution is 5.48. The molecule has 3 rings (SSSR count). The third kappa shape index (κ3) is 4.94. The van der Waals surface area contributed by atoms with Gasteiger partial charge in [-0.05, 0) is 18.4 Å². The van der Waals surface area contributed by atoms with E-state index in [1.54, 1.807) is 6.20 Å². The van der Waals surface area contributed by atoms with Gasteiger partial charge in [-0.25, -0.2) is 0 Å². The predicted octanol–water partition coefficient (Wildman–Crippen LogP) is 2.60. The van der Waals surface area contributed by atoms with E-state index < -0.39 is 0 Å². The van der Waals surface area contributed by atoms with Crippen LogP contribution in [0.3, 0.4) is 0 Å². The van der Waals surface area contributed by atoms with Crippen molar-refractivity contribution in [2.24, 2.45) is 5.73 Å². The Hall–Kier alpha value is -2.11. The highest BCUT2D eigenvalue weighted by atomic mass is 16.5. The molecule has 1 aromatic heterocycles. The molecule has 0 atom stereocenters. The first kappa shape index (κ1) is 16.7. The summed E-state index contributed by atoms with van der Waals surface area (Å²) in [5, 5.41) is 0. The summed E-state index contributed by atoms with van der Waals surface area (Å²) in [6, 6.07) is 12.5. The fraction of sp³-hybridized carbons (Fsp3) is 0.421. The van der Waals surface area contributed by atoms with Crippen molar-refractivity contribution < 1.29 is 9.47 Å². The van der Waals surface area contributed by atoms with Crippen molar-refractivity contribution in [2.75, 3.05) is 31.2 Å². The molecule has 5 heteroatoms. The van der Waals surface area contributed by atoms with Crippen molar-refractivity contribution >= 4 is 5.69 Å². The van der Waals surface area contributed by atoms with Gasteiger partial charge in [-0.2, -0.15) is 0 Å². The van der Waals surface area contributed by atoms with E-state index in [1.807, 2.05) is 30.5 Å². The standard InChI is InChI=1S/C19H25N3O2/c20-17-6-8-22(9-7-17)18-12-19(14-21-13-18)24-11-10-23-15-16-4-2-1-3-5-16/h1-5,12-14,17H,6-11,15,20H2. The van der Waals surface area contributed by atoms with Gasteiger partial charge in [-0.15, -0.1) is 0 Å². The maximum atomic E-state index is 5.96. The number of aromatic nitrogens is 1. The molecule has 0 aliphatic carbocycles. The molecule has 0 bridgehead atoms. The van der Waals surface area contributed by atoms with E-state index in [1.165, 1.54) is 5.56 Å². The van der Waals surface area contributed by atoms with Crippen LogP contribution in [0.5, 0.6) is 5.75 Å². The first-order valence-electron chi connectivity index (χ1n) is 8.51. The molecule has 1 saturated heterocycles. The number of anilines is 1. The van der Waals surface area contributed by atoms with Crippen LogP contribution in [0.15, 0.2) is 48.8 Å². The molecular formula is C19H25N3O2. The number of hydrogen-bond donors (Lipinski definition) is 1. The molecule has 0 saturated carbocycles. The van der Waals surface area contributed by atoms with E-state index in [4.69, 9.17) is 15.2 Å². The third-order valence-electron chi connectivity index (χ3n) is 4.21. The molecule has 24 heavy (non-hydrogen) atoms. The van der Waals surface area contributed by atoms with Gasteiger partial charge in [-0.1, -0.05) is 30.3 Å². The van der Waals surface area contributed by atoms with Gasteiger partial charge < -0.3 is 20.1 Å². The Morgan fingerprint density at radius 1 is 1.08 bits per heavy atom. The SMILES string of the molecule is NC1CCN(c2cncc(OCCOCc3ccccc3)c2)CC1. The van der Waals surface area contributed by atoms with Crippen LogP contribution in [-0.2, 0) is 11.3 Å². The minimum atomic E-state index is 0.329. The number of benzene rings is 1. The third-order valence-corrected chi connectivity index (χ3v) is 4.21. The van der Waals surface area contributed by atoms with Crippen LogP contribution in [0.2, 0.25) is 0 Å². The highest BCUT2D eigenvalue weighted by Gasteiger charge is 2.16. The van der Waals surface area contributed by atoms with Gasteiger partial charge in [0.25, 0.3) is 0 Å². The van der Waals surface area contributed by atoms with E-state index in [0.29, 0.717) is 25.9 Å². The second kappa shape index (κ2) is 8.66. The van der Waals surface area contributed by atoms with E-state index in [-0.39, 0.29) is 0 Å². The average molecular weight is 327 g/mol. The second-order valence-corrected chi connectivity index (χ2v) is 6.09. The molecule has 128 valence electrons. The fourth-order valence-electron chi connectivity index (χ4n) is 2.80. The largest absolute Gasteiger partial charge is 0.489 e. The van der Waals surface area contributed by atoms with Crippen molar-refractivity contribution in [3.63, 3.8) is 0 Å². The number of hydrogen-bond acceptors (Lipinski definition) is 5. The number of piperidine rings is 1. The monoisotopic (exact) mass is 327 g/mol. The van der Waals surface area contributed by atoms with Gasteiger partial charge in [0.2, 0.25) is 0 Å². The summed E-state index contributed by atoms with van der Waals surface area (Å²) in [7, 11) is 0. The van der Waals surface area contributed by atoms with Crippen LogP contribution in [0.25, 0.3) is 0 Å². The molecule has 2 heterocycles. The van der Waals surface area contributed by atoms with Crippen molar-refractivity contribution in [3.05, 3.63) is 54.4 Å². The van der Waals surface area contributed by atoms with E-state index in [9.17, 15) is 0 Å². The van der Waals surface area contributed by atoms with Gasteiger partial charge in [0.15, 0.2) is 0 Å². The van der Waals surface area contributed by atoms with Crippen molar-refractivity contribution in [1.29, 1.82) is 0 Å². The summed E-state index contributed by atoms with van der Waals surface area (Å²) in [6.45, 7) is 3.63. The minimum absolute atomic E-state index is 0.329. The summed E-state index contributed by atoms with van der Waals surface area (Å²) in [6.07, 6.45) is 5.68. The molecular weight excluding hydrogens is 302 g/mol. The molecule has 1 aliphatic rings. The summed E-state index contributed by atoms with van der Waals surface area (Å²) in [5.74, 6) is 0.783. The molecule has 1 aliphatic heterocycles. The van der Waals surface area contributed by atoms with Crippen molar-refractivity contribution in [2.45, 2.75) is 25.5 Å². The van der Waals surface area contributed by atoms with Gasteiger partial charge in [0.05, 0.1) is 31.3 Å². The second-order valence-electron chi connectivity index (χ2n) is 6.09. The maximum absolute atomic E-state index is 5.96. The lowest BCUT2D eigenvalue weighted by molar-refractivity contribution is 0.0888. The minimum Gasteiger partial charge on any atom is -0.489 e. The number of nitrogens with two attached hydrogens (primary N) is 1. The van der Waals surface area contributed by atoms with Gasteiger partial charge in [0.1, 0.15) is 12.4 Å². The van der Waals surface area contributed by atoms with Crippen LogP contribution >= 0.6 is 0 Å². The Kier molecular flexibility index (Phi) is 6.04. The van der Waals surface area contributed by atoms with Crippen LogP contribution in [0, 0.1) is 0 Å². The van der Waals surface area contributed by atoms with Gasteiger partial charge in [-0.3, -0.25) is 4.98 Å². The molecule has 0 radical (unpaired) electrons. The Balaban J connectivity index is 1.41. The first-order chi connectivity index (χ1) is 11.8. The number of ether oxygens (including phenoxy) is 2. The Morgan fingerprint density at radius 3 is 2.67 bits per heavy atom. The summed E-state index contributed by atoms with van der Waals surface area (Å²) in [4.78, 5) is 6.60. The molecule has 2 aromatic rings. The predicted molar refractivity (Wildman–Crippen MR) is 95.3 cm³/mol. The Bertz CT molecular complexity index is 613.